The monoisotopic (exact) mass is 284 g/mol. The quantitative estimate of drug-likeness (QED) is 0.718. The fourth-order valence-corrected chi connectivity index (χ4v) is 2.64. The summed E-state index contributed by atoms with van der Waals surface area (Å²) in [6.45, 7) is 6.75. The number of ether oxygens (including phenoxy) is 1. The lowest BCUT2D eigenvalue weighted by atomic mass is 9.95. The predicted octanol–water partition coefficient (Wildman–Crippen LogP) is 1.42. The molecule has 1 fully saturated rings. The van der Waals surface area contributed by atoms with Gasteiger partial charge in [0.25, 0.3) is 0 Å². The van der Waals surface area contributed by atoms with Crippen LogP contribution in [-0.2, 0) is 14.3 Å². The summed E-state index contributed by atoms with van der Waals surface area (Å²) in [5.41, 5.74) is 0. The normalized spacial score (nSPS) is 16.2. The lowest BCUT2D eigenvalue weighted by Crippen LogP contribution is -2.45. The minimum absolute atomic E-state index is 0.0512. The van der Waals surface area contributed by atoms with Gasteiger partial charge in [-0.05, 0) is 31.8 Å². The summed E-state index contributed by atoms with van der Waals surface area (Å²) < 4.78 is 4.72. The molecule has 0 spiro atoms. The van der Waals surface area contributed by atoms with E-state index >= 15 is 0 Å². The van der Waals surface area contributed by atoms with Crippen LogP contribution in [0.5, 0.6) is 0 Å². The SMILES string of the molecule is CCC(CC)CN(CC(=O)OC)C(=O)C1CCNCC1. The number of nitrogens with one attached hydrogen (secondary N) is 1. The van der Waals surface area contributed by atoms with Crippen molar-refractivity contribution in [2.45, 2.75) is 39.5 Å². The van der Waals surface area contributed by atoms with Crippen LogP contribution in [0.25, 0.3) is 0 Å². The van der Waals surface area contributed by atoms with Gasteiger partial charge in [0.2, 0.25) is 5.91 Å². The van der Waals surface area contributed by atoms with E-state index in [2.05, 4.69) is 19.2 Å². The molecule has 0 radical (unpaired) electrons. The minimum atomic E-state index is -0.335. The number of amides is 1. The Kier molecular flexibility index (Phi) is 7.59. The smallest absolute Gasteiger partial charge is 0.325 e. The Bertz CT molecular complexity index is 310. The average molecular weight is 284 g/mol. The molecule has 1 amide bonds. The first-order valence-electron chi connectivity index (χ1n) is 7.68. The number of hydrogen-bond acceptors (Lipinski definition) is 4. The Morgan fingerprint density at radius 3 is 2.35 bits per heavy atom. The van der Waals surface area contributed by atoms with Gasteiger partial charge in [-0.3, -0.25) is 9.59 Å². The maximum Gasteiger partial charge on any atom is 0.325 e. The molecule has 0 aliphatic carbocycles. The van der Waals surface area contributed by atoms with Crippen molar-refractivity contribution in [3.63, 3.8) is 0 Å². The summed E-state index contributed by atoms with van der Waals surface area (Å²) in [4.78, 5) is 25.9. The lowest BCUT2D eigenvalue weighted by molar-refractivity contribution is -0.149. The highest BCUT2D eigenvalue weighted by Gasteiger charge is 2.28. The fraction of sp³-hybridized carbons (Fsp3) is 0.867. The Hall–Kier alpha value is -1.10. The molecule has 5 nitrogen and oxygen atoms in total. The van der Waals surface area contributed by atoms with Gasteiger partial charge in [0.05, 0.1) is 7.11 Å². The van der Waals surface area contributed by atoms with Gasteiger partial charge in [0, 0.05) is 12.5 Å². The topological polar surface area (TPSA) is 58.6 Å². The van der Waals surface area contributed by atoms with Crippen LogP contribution in [0.4, 0.5) is 0 Å². The number of carbonyl (C=O) groups excluding carboxylic acids is 2. The van der Waals surface area contributed by atoms with Crippen LogP contribution in [-0.4, -0.2) is 50.1 Å². The summed E-state index contributed by atoms with van der Waals surface area (Å²) in [6, 6.07) is 0. The summed E-state index contributed by atoms with van der Waals surface area (Å²) in [7, 11) is 1.37. The molecular weight excluding hydrogens is 256 g/mol. The second kappa shape index (κ2) is 8.95. The van der Waals surface area contributed by atoms with Crippen LogP contribution in [0, 0.1) is 11.8 Å². The molecule has 1 aliphatic heterocycles. The van der Waals surface area contributed by atoms with Crippen molar-refractivity contribution in [2.75, 3.05) is 33.3 Å². The number of carbonyl (C=O) groups is 2. The van der Waals surface area contributed by atoms with E-state index in [9.17, 15) is 9.59 Å². The van der Waals surface area contributed by atoms with Crippen molar-refractivity contribution in [1.82, 2.24) is 10.2 Å². The van der Waals surface area contributed by atoms with E-state index < -0.39 is 0 Å². The average Bonchev–Trinajstić information content (AvgIpc) is 2.51. The molecule has 0 aromatic rings. The molecule has 116 valence electrons. The van der Waals surface area contributed by atoms with Crippen molar-refractivity contribution in [3.05, 3.63) is 0 Å². The van der Waals surface area contributed by atoms with E-state index in [1.807, 2.05) is 0 Å². The van der Waals surface area contributed by atoms with Crippen LogP contribution in [0.3, 0.4) is 0 Å². The predicted molar refractivity (Wildman–Crippen MR) is 78.3 cm³/mol. The van der Waals surface area contributed by atoms with Crippen molar-refractivity contribution < 1.29 is 14.3 Å². The number of esters is 1. The summed E-state index contributed by atoms with van der Waals surface area (Å²) in [5, 5.41) is 3.26. The van der Waals surface area contributed by atoms with Gasteiger partial charge >= 0.3 is 5.97 Å². The van der Waals surface area contributed by atoms with E-state index in [1.54, 1.807) is 4.90 Å². The van der Waals surface area contributed by atoms with Crippen LogP contribution < -0.4 is 5.32 Å². The van der Waals surface area contributed by atoms with Crippen molar-refractivity contribution in [3.8, 4) is 0 Å². The third kappa shape index (κ3) is 5.12. The Labute approximate surface area is 122 Å². The van der Waals surface area contributed by atoms with Crippen LogP contribution in [0.15, 0.2) is 0 Å². The molecule has 1 heterocycles. The van der Waals surface area contributed by atoms with Crippen molar-refractivity contribution in [2.24, 2.45) is 11.8 Å². The summed E-state index contributed by atoms with van der Waals surface area (Å²) >= 11 is 0. The first kappa shape index (κ1) is 17.0. The Morgan fingerprint density at radius 1 is 1.25 bits per heavy atom. The number of rotatable bonds is 7. The van der Waals surface area contributed by atoms with Gasteiger partial charge < -0.3 is 15.0 Å². The standard InChI is InChI=1S/C15H28N2O3/c1-4-12(5-2)10-17(11-14(18)20-3)15(19)13-6-8-16-9-7-13/h12-13,16H,4-11H2,1-3H3. The maximum absolute atomic E-state index is 12.6. The van der Waals surface area contributed by atoms with Crippen molar-refractivity contribution >= 4 is 11.9 Å². The molecule has 0 bridgehead atoms. The van der Waals surface area contributed by atoms with Gasteiger partial charge in [0.1, 0.15) is 6.54 Å². The second-order valence-corrected chi connectivity index (χ2v) is 5.50. The molecule has 20 heavy (non-hydrogen) atoms. The zero-order valence-corrected chi connectivity index (χ0v) is 13.0. The zero-order chi connectivity index (χ0) is 15.0. The molecule has 0 aromatic carbocycles. The van der Waals surface area contributed by atoms with Crippen molar-refractivity contribution in [1.29, 1.82) is 0 Å². The Morgan fingerprint density at radius 2 is 1.85 bits per heavy atom. The van der Waals surface area contributed by atoms with Gasteiger partial charge in [-0.15, -0.1) is 0 Å². The van der Waals surface area contributed by atoms with E-state index in [0.29, 0.717) is 12.5 Å². The van der Waals surface area contributed by atoms with Crippen LogP contribution in [0.2, 0.25) is 0 Å². The van der Waals surface area contributed by atoms with Gasteiger partial charge in [0.15, 0.2) is 0 Å². The molecule has 0 aromatic heterocycles. The fourth-order valence-electron chi connectivity index (χ4n) is 2.64. The molecule has 1 aliphatic rings. The molecule has 0 atom stereocenters. The third-order valence-electron chi connectivity index (χ3n) is 4.18. The number of hydrogen-bond donors (Lipinski definition) is 1. The highest BCUT2D eigenvalue weighted by Crippen LogP contribution is 2.18. The van der Waals surface area contributed by atoms with Crippen LogP contribution in [0.1, 0.15) is 39.5 Å². The molecule has 1 saturated heterocycles. The van der Waals surface area contributed by atoms with E-state index in [-0.39, 0.29) is 24.3 Å². The molecule has 0 saturated carbocycles. The molecular formula is C15H28N2O3. The van der Waals surface area contributed by atoms with Gasteiger partial charge in [-0.25, -0.2) is 0 Å². The number of nitrogens with zero attached hydrogens (tertiary/aromatic N) is 1. The van der Waals surface area contributed by atoms with Gasteiger partial charge in [-0.1, -0.05) is 26.7 Å². The van der Waals surface area contributed by atoms with E-state index in [4.69, 9.17) is 4.74 Å². The highest BCUT2D eigenvalue weighted by molar-refractivity contribution is 5.83. The van der Waals surface area contributed by atoms with Gasteiger partial charge in [-0.2, -0.15) is 0 Å². The summed E-state index contributed by atoms with van der Waals surface area (Å²) in [6.07, 6.45) is 3.76. The minimum Gasteiger partial charge on any atom is -0.468 e. The van der Waals surface area contributed by atoms with Crippen LogP contribution >= 0.6 is 0 Å². The molecule has 1 rings (SSSR count). The second-order valence-electron chi connectivity index (χ2n) is 5.50. The maximum atomic E-state index is 12.6. The first-order valence-corrected chi connectivity index (χ1v) is 7.68. The molecule has 1 N–H and O–H groups in total. The number of piperidine rings is 1. The lowest BCUT2D eigenvalue weighted by Gasteiger charge is -2.31. The zero-order valence-electron chi connectivity index (χ0n) is 13.0. The van der Waals surface area contributed by atoms with E-state index in [0.717, 1.165) is 38.8 Å². The molecule has 5 heteroatoms. The first-order chi connectivity index (χ1) is 9.62. The Balaban J connectivity index is 2.68. The molecule has 0 unspecified atom stereocenters. The largest absolute Gasteiger partial charge is 0.468 e. The van der Waals surface area contributed by atoms with E-state index in [1.165, 1.54) is 7.11 Å². The third-order valence-corrected chi connectivity index (χ3v) is 4.18. The summed E-state index contributed by atoms with van der Waals surface area (Å²) in [5.74, 6) is 0.280. The highest BCUT2D eigenvalue weighted by atomic mass is 16.5. The number of methoxy groups -OCH3 is 1.